The molecule has 0 atom stereocenters. The van der Waals surface area contributed by atoms with Gasteiger partial charge in [0.2, 0.25) is 5.89 Å². The van der Waals surface area contributed by atoms with Crippen molar-refractivity contribution in [1.82, 2.24) is 15.2 Å². The molecule has 4 aromatic rings. The van der Waals surface area contributed by atoms with Crippen molar-refractivity contribution in [2.24, 2.45) is 0 Å². The molecule has 3 aromatic heterocycles. The molecule has 6 nitrogen and oxygen atoms in total. The first-order chi connectivity index (χ1) is 12.3. The Morgan fingerprint density at radius 3 is 2.40 bits per heavy atom. The second kappa shape index (κ2) is 6.90. The minimum absolute atomic E-state index is 0.312. The largest absolute Gasteiger partial charge is 0.486 e. The van der Waals surface area contributed by atoms with Crippen molar-refractivity contribution in [1.29, 1.82) is 0 Å². The SMILES string of the molecule is Brc1ccc(OCc2ccc(-c3nnc(-c4ccncc4)o3)o2)cc1. The zero-order valence-corrected chi connectivity index (χ0v) is 14.5. The zero-order chi connectivity index (χ0) is 17.1. The third kappa shape index (κ3) is 3.61. The molecule has 0 amide bonds. The van der Waals surface area contributed by atoms with Crippen molar-refractivity contribution in [3.63, 3.8) is 0 Å². The third-order valence-corrected chi connectivity index (χ3v) is 3.95. The van der Waals surface area contributed by atoms with Gasteiger partial charge in [-0.2, -0.15) is 0 Å². The smallest absolute Gasteiger partial charge is 0.283 e. The summed E-state index contributed by atoms with van der Waals surface area (Å²) in [6.45, 7) is 0.312. The van der Waals surface area contributed by atoms with Crippen LogP contribution in [0.3, 0.4) is 0 Å². The number of ether oxygens (including phenoxy) is 1. The van der Waals surface area contributed by atoms with Gasteiger partial charge in [-0.3, -0.25) is 4.98 Å². The highest BCUT2D eigenvalue weighted by Gasteiger charge is 2.14. The number of pyridine rings is 1. The first-order valence-corrected chi connectivity index (χ1v) is 8.28. The Morgan fingerprint density at radius 2 is 1.60 bits per heavy atom. The van der Waals surface area contributed by atoms with Crippen molar-refractivity contribution in [2.75, 3.05) is 0 Å². The Kier molecular flexibility index (Phi) is 4.30. The van der Waals surface area contributed by atoms with Crippen LogP contribution in [0.15, 0.2) is 74.2 Å². The number of aromatic nitrogens is 3. The Bertz CT molecular complexity index is 965. The molecule has 3 heterocycles. The fourth-order valence-corrected chi connectivity index (χ4v) is 2.45. The second-order valence-corrected chi connectivity index (χ2v) is 6.07. The van der Waals surface area contributed by atoms with E-state index in [2.05, 4.69) is 31.1 Å². The number of halogens is 1. The van der Waals surface area contributed by atoms with Gasteiger partial charge >= 0.3 is 0 Å². The molecular formula is C18H12BrN3O3. The van der Waals surface area contributed by atoms with E-state index in [0.29, 0.717) is 29.9 Å². The summed E-state index contributed by atoms with van der Waals surface area (Å²) in [6.07, 6.45) is 3.34. The van der Waals surface area contributed by atoms with Crippen LogP contribution in [0.25, 0.3) is 23.1 Å². The summed E-state index contributed by atoms with van der Waals surface area (Å²) in [7, 11) is 0. The van der Waals surface area contributed by atoms with E-state index in [9.17, 15) is 0 Å². The lowest BCUT2D eigenvalue weighted by Crippen LogP contribution is -1.93. The van der Waals surface area contributed by atoms with Crippen LogP contribution >= 0.6 is 15.9 Å². The van der Waals surface area contributed by atoms with Crippen LogP contribution in [0.2, 0.25) is 0 Å². The van der Waals surface area contributed by atoms with Gasteiger partial charge in [0.25, 0.3) is 5.89 Å². The van der Waals surface area contributed by atoms with Gasteiger partial charge in [-0.05, 0) is 48.5 Å². The first-order valence-electron chi connectivity index (χ1n) is 7.49. The topological polar surface area (TPSA) is 74.2 Å². The number of benzene rings is 1. The molecule has 7 heteroatoms. The van der Waals surface area contributed by atoms with E-state index in [1.165, 1.54) is 0 Å². The molecule has 1 aromatic carbocycles. The number of hydrogen-bond donors (Lipinski definition) is 0. The summed E-state index contributed by atoms with van der Waals surface area (Å²) < 4.78 is 18.1. The van der Waals surface area contributed by atoms with E-state index in [4.69, 9.17) is 13.6 Å². The van der Waals surface area contributed by atoms with Crippen molar-refractivity contribution >= 4 is 15.9 Å². The molecule has 0 N–H and O–H groups in total. The van der Waals surface area contributed by atoms with E-state index in [0.717, 1.165) is 15.8 Å². The Balaban J connectivity index is 1.46. The van der Waals surface area contributed by atoms with Gasteiger partial charge in [0.15, 0.2) is 5.76 Å². The maximum Gasteiger partial charge on any atom is 0.283 e. The number of rotatable bonds is 5. The quantitative estimate of drug-likeness (QED) is 0.484. The Morgan fingerprint density at radius 1 is 0.840 bits per heavy atom. The lowest BCUT2D eigenvalue weighted by atomic mass is 10.3. The van der Waals surface area contributed by atoms with Gasteiger partial charge in [0.1, 0.15) is 18.1 Å². The van der Waals surface area contributed by atoms with Gasteiger partial charge in [-0.1, -0.05) is 15.9 Å². The van der Waals surface area contributed by atoms with E-state index in [1.807, 2.05) is 30.3 Å². The maximum absolute atomic E-state index is 5.72. The third-order valence-electron chi connectivity index (χ3n) is 3.42. The van der Waals surface area contributed by atoms with Crippen molar-refractivity contribution in [3.8, 4) is 28.9 Å². The summed E-state index contributed by atoms with van der Waals surface area (Å²) in [6, 6.07) is 14.8. The average molecular weight is 398 g/mol. The predicted molar refractivity (Wildman–Crippen MR) is 93.7 cm³/mol. The first kappa shape index (κ1) is 15.6. The molecule has 25 heavy (non-hydrogen) atoms. The van der Waals surface area contributed by atoms with Gasteiger partial charge in [0, 0.05) is 22.4 Å². The van der Waals surface area contributed by atoms with Crippen molar-refractivity contribution in [3.05, 3.63) is 71.2 Å². The van der Waals surface area contributed by atoms with Crippen LogP contribution in [0.4, 0.5) is 0 Å². The maximum atomic E-state index is 5.72. The fourth-order valence-electron chi connectivity index (χ4n) is 2.19. The molecule has 0 saturated carbocycles. The summed E-state index contributed by atoms with van der Waals surface area (Å²) >= 11 is 3.39. The fraction of sp³-hybridized carbons (Fsp3) is 0.0556. The monoisotopic (exact) mass is 397 g/mol. The molecule has 4 rings (SSSR count). The summed E-state index contributed by atoms with van der Waals surface area (Å²) in [5.41, 5.74) is 0.805. The standard InChI is InChI=1S/C18H12BrN3O3/c19-13-1-3-14(4-2-13)23-11-15-5-6-16(24-15)18-22-21-17(25-18)12-7-9-20-10-8-12/h1-10H,11H2. The molecular weight excluding hydrogens is 386 g/mol. The molecule has 0 radical (unpaired) electrons. The summed E-state index contributed by atoms with van der Waals surface area (Å²) in [4.78, 5) is 3.96. The van der Waals surface area contributed by atoms with Gasteiger partial charge in [-0.25, -0.2) is 0 Å². The normalized spacial score (nSPS) is 10.8. The highest BCUT2D eigenvalue weighted by atomic mass is 79.9. The van der Waals surface area contributed by atoms with Gasteiger partial charge in [-0.15, -0.1) is 10.2 Å². The molecule has 0 unspecified atom stereocenters. The molecule has 0 aliphatic rings. The van der Waals surface area contributed by atoms with Gasteiger partial charge in [0.05, 0.1) is 0 Å². The molecule has 0 spiro atoms. The number of hydrogen-bond acceptors (Lipinski definition) is 6. The van der Waals surface area contributed by atoms with E-state index >= 15 is 0 Å². The van der Waals surface area contributed by atoms with Crippen LogP contribution in [-0.4, -0.2) is 15.2 Å². The molecule has 124 valence electrons. The number of furan rings is 1. The summed E-state index contributed by atoms with van der Waals surface area (Å²) in [5.74, 6) is 2.67. The van der Waals surface area contributed by atoms with E-state index in [-0.39, 0.29) is 0 Å². The molecule has 0 saturated heterocycles. The highest BCUT2D eigenvalue weighted by molar-refractivity contribution is 9.10. The van der Waals surface area contributed by atoms with Crippen molar-refractivity contribution in [2.45, 2.75) is 6.61 Å². The van der Waals surface area contributed by atoms with E-state index < -0.39 is 0 Å². The van der Waals surface area contributed by atoms with Crippen LogP contribution in [0, 0.1) is 0 Å². The van der Waals surface area contributed by atoms with Crippen LogP contribution in [-0.2, 0) is 6.61 Å². The van der Waals surface area contributed by atoms with Crippen LogP contribution < -0.4 is 4.74 Å². The molecule has 0 bridgehead atoms. The van der Waals surface area contributed by atoms with Crippen LogP contribution in [0.5, 0.6) is 5.75 Å². The average Bonchev–Trinajstić information content (AvgIpc) is 3.31. The molecule has 0 aliphatic carbocycles. The lowest BCUT2D eigenvalue weighted by molar-refractivity contribution is 0.271. The number of nitrogens with zero attached hydrogens (tertiary/aromatic N) is 3. The Labute approximate surface area is 151 Å². The minimum Gasteiger partial charge on any atom is -0.486 e. The minimum atomic E-state index is 0.312. The summed E-state index contributed by atoms with van der Waals surface area (Å²) in [5, 5.41) is 8.06. The highest BCUT2D eigenvalue weighted by Crippen LogP contribution is 2.25. The predicted octanol–water partition coefficient (Wildman–Crippen LogP) is 4.73. The van der Waals surface area contributed by atoms with E-state index in [1.54, 1.807) is 30.6 Å². The van der Waals surface area contributed by atoms with Crippen LogP contribution in [0.1, 0.15) is 5.76 Å². The lowest BCUT2D eigenvalue weighted by Gasteiger charge is -2.03. The van der Waals surface area contributed by atoms with Crippen molar-refractivity contribution < 1.29 is 13.6 Å². The second-order valence-electron chi connectivity index (χ2n) is 5.16. The molecule has 0 fully saturated rings. The zero-order valence-electron chi connectivity index (χ0n) is 12.9. The van der Waals surface area contributed by atoms with Gasteiger partial charge < -0.3 is 13.6 Å². The molecule has 0 aliphatic heterocycles. The Hall–Kier alpha value is -2.93.